The minimum Gasteiger partial charge on any atom is -0.381 e. The first kappa shape index (κ1) is 15.9. The van der Waals surface area contributed by atoms with Gasteiger partial charge in [-0.3, -0.25) is 9.80 Å². The van der Waals surface area contributed by atoms with Crippen LogP contribution < -0.4 is 5.32 Å². The molecule has 6 heteroatoms. The number of halogens is 2. The zero-order chi connectivity index (χ0) is 15.5. The van der Waals surface area contributed by atoms with Crippen LogP contribution in [0.25, 0.3) is 0 Å². The molecule has 1 unspecified atom stereocenters. The van der Waals surface area contributed by atoms with Crippen LogP contribution in [0.5, 0.6) is 0 Å². The molecule has 2 fully saturated rings. The van der Waals surface area contributed by atoms with Crippen molar-refractivity contribution in [1.82, 2.24) is 10.0 Å². The summed E-state index contributed by atoms with van der Waals surface area (Å²) < 4.78 is 0. The first-order valence-corrected chi connectivity index (χ1v) is 8.66. The number of carbonyl (C=O) groups is 1. The number of nitrogens with one attached hydrogen (secondary N) is 1. The highest BCUT2D eigenvalue weighted by Gasteiger charge is 2.30. The van der Waals surface area contributed by atoms with Crippen molar-refractivity contribution in [3.63, 3.8) is 0 Å². The molecule has 1 atom stereocenters. The summed E-state index contributed by atoms with van der Waals surface area (Å²) in [5.74, 6) is 0.204. The Kier molecular flexibility index (Phi) is 5.11. The van der Waals surface area contributed by atoms with Gasteiger partial charge in [0.15, 0.2) is 0 Å². The van der Waals surface area contributed by atoms with Gasteiger partial charge in [0.05, 0.1) is 10.7 Å². The number of hydrazine groups is 1. The first-order valence-electron chi connectivity index (χ1n) is 7.90. The lowest BCUT2D eigenvalue weighted by atomic mass is 10.0. The highest BCUT2D eigenvalue weighted by atomic mass is 35.5. The molecule has 2 aliphatic heterocycles. The van der Waals surface area contributed by atoms with Crippen molar-refractivity contribution >= 4 is 34.8 Å². The van der Waals surface area contributed by atoms with Gasteiger partial charge in [-0.2, -0.15) is 0 Å². The highest BCUT2D eigenvalue weighted by molar-refractivity contribution is 6.36. The van der Waals surface area contributed by atoms with E-state index in [1.165, 1.54) is 19.3 Å². The monoisotopic (exact) mass is 341 g/mol. The second-order valence-electron chi connectivity index (χ2n) is 5.99. The fourth-order valence-electron chi connectivity index (χ4n) is 3.19. The van der Waals surface area contributed by atoms with Crippen molar-refractivity contribution < 1.29 is 4.79 Å². The van der Waals surface area contributed by atoms with Crippen LogP contribution in [0.4, 0.5) is 5.69 Å². The largest absolute Gasteiger partial charge is 0.381 e. The quantitative estimate of drug-likeness (QED) is 0.908. The number of amides is 1. The molecule has 1 aromatic carbocycles. The topological polar surface area (TPSA) is 35.6 Å². The zero-order valence-corrected chi connectivity index (χ0v) is 14.0. The Morgan fingerprint density at radius 1 is 1.09 bits per heavy atom. The van der Waals surface area contributed by atoms with Crippen LogP contribution in [-0.4, -0.2) is 41.6 Å². The third kappa shape index (κ3) is 3.67. The summed E-state index contributed by atoms with van der Waals surface area (Å²) in [5, 5.41) is 8.75. The molecule has 0 saturated carbocycles. The molecule has 0 radical (unpaired) electrons. The maximum absolute atomic E-state index is 12.4. The lowest BCUT2D eigenvalue weighted by molar-refractivity contribution is -0.154. The van der Waals surface area contributed by atoms with E-state index in [1.54, 1.807) is 12.1 Å². The van der Waals surface area contributed by atoms with Gasteiger partial charge in [0, 0.05) is 37.1 Å². The Labute approximate surface area is 141 Å². The number of nitrogens with zero attached hydrogens (tertiary/aromatic N) is 2. The number of carbonyl (C=O) groups excluding carboxylic acids is 1. The minimum atomic E-state index is 0.132. The van der Waals surface area contributed by atoms with Gasteiger partial charge in [0.1, 0.15) is 0 Å². The lowest BCUT2D eigenvalue weighted by Gasteiger charge is -2.41. The first-order chi connectivity index (χ1) is 10.6. The number of hydrogen-bond donors (Lipinski definition) is 1. The SMILES string of the molecule is O=C1CC(Nc2ccc(Cl)cc2Cl)CCN1N1CCCCC1. The highest BCUT2D eigenvalue weighted by Crippen LogP contribution is 2.28. The minimum absolute atomic E-state index is 0.132. The molecule has 0 aliphatic carbocycles. The van der Waals surface area contributed by atoms with Crippen LogP contribution in [0.15, 0.2) is 18.2 Å². The third-order valence-corrected chi connectivity index (χ3v) is 4.91. The number of rotatable bonds is 3. The van der Waals surface area contributed by atoms with Gasteiger partial charge in [-0.05, 0) is 37.5 Å². The van der Waals surface area contributed by atoms with Crippen molar-refractivity contribution in [1.29, 1.82) is 0 Å². The third-order valence-electron chi connectivity index (χ3n) is 4.36. The van der Waals surface area contributed by atoms with Crippen molar-refractivity contribution in [2.24, 2.45) is 0 Å². The average molecular weight is 342 g/mol. The van der Waals surface area contributed by atoms with Crippen LogP contribution in [-0.2, 0) is 4.79 Å². The molecule has 2 aliphatic rings. The molecule has 22 heavy (non-hydrogen) atoms. The van der Waals surface area contributed by atoms with Gasteiger partial charge in [0.25, 0.3) is 0 Å². The molecule has 3 rings (SSSR count). The number of hydrogen-bond acceptors (Lipinski definition) is 3. The van der Waals surface area contributed by atoms with Crippen molar-refractivity contribution in [2.45, 2.75) is 38.1 Å². The molecule has 1 aromatic rings. The van der Waals surface area contributed by atoms with Crippen molar-refractivity contribution in [3.8, 4) is 0 Å². The predicted octanol–water partition coefficient (Wildman–Crippen LogP) is 3.80. The Bertz CT molecular complexity index is 546. The summed E-state index contributed by atoms with van der Waals surface area (Å²) in [7, 11) is 0. The van der Waals surface area contributed by atoms with Crippen LogP contribution in [0.1, 0.15) is 32.1 Å². The number of anilines is 1. The summed E-state index contributed by atoms with van der Waals surface area (Å²) in [4.78, 5) is 12.4. The molecule has 1 N–H and O–H groups in total. The molecule has 4 nitrogen and oxygen atoms in total. The van der Waals surface area contributed by atoms with Gasteiger partial charge in [-0.15, -0.1) is 0 Å². The Hall–Kier alpha value is -0.970. The fraction of sp³-hybridized carbons (Fsp3) is 0.562. The number of piperidine rings is 2. The molecule has 0 bridgehead atoms. The van der Waals surface area contributed by atoms with E-state index in [9.17, 15) is 4.79 Å². The molecule has 2 heterocycles. The Balaban J connectivity index is 1.59. The maximum Gasteiger partial charge on any atom is 0.238 e. The van der Waals surface area contributed by atoms with Crippen LogP contribution in [0, 0.1) is 0 Å². The van der Waals surface area contributed by atoms with Gasteiger partial charge < -0.3 is 5.32 Å². The summed E-state index contributed by atoms with van der Waals surface area (Å²) in [6, 6.07) is 5.52. The Morgan fingerprint density at radius 3 is 2.55 bits per heavy atom. The van der Waals surface area contributed by atoms with Crippen LogP contribution in [0.3, 0.4) is 0 Å². The lowest BCUT2D eigenvalue weighted by Crippen LogP contribution is -2.53. The molecular weight excluding hydrogens is 321 g/mol. The Morgan fingerprint density at radius 2 is 1.86 bits per heavy atom. The van der Waals surface area contributed by atoms with Gasteiger partial charge in [-0.1, -0.05) is 29.6 Å². The average Bonchev–Trinajstić information content (AvgIpc) is 2.51. The van der Waals surface area contributed by atoms with Gasteiger partial charge >= 0.3 is 0 Å². The second-order valence-corrected chi connectivity index (χ2v) is 6.83. The molecule has 2 saturated heterocycles. The summed E-state index contributed by atoms with van der Waals surface area (Å²) in [5.41, 5.74) is 0.843. The molecule has 1 amide bonds. The van der Waals surface area contributed by atoms with Crippen molar-refractivity contribution in [2.75, 3.05) is 25.0 Å². The van der Waals surface area contributed by atoms with E-state index in [2.05, 4.69) is 10.3 Å². The van der Waals surface area contributed by atoms with E-state index in [0.29, 0.717) is 16.5 Å². The van der Waals surface area contributed by atoms with E-state index in [1.807, 2.05) is 11.1 Å². The summed E-state index contributed by atoms with van der Waals surface area (Å²) in [6.07, 6.45) is 5.09. The van der Waals surface area contributed by atoms with Gasteiger partial charge in [-0.25, -0.2) is 5.01 Å². The fourth-order valence-corrected chi connectivity index (χ4v) is 3.65. The second kappa shape index (κ2) is 7.07. The standard InChI is InChI=1S/C16H21Cl2N3O/c17-12-4-5-15(14(18)10-12)19-13-6-9-21(16(22)11-13)20-7-2-1-3-8-20/h4-5,10,13,19H,1-3,6-9,11H2. The molecular formula is C16H21Cl2N3O. The van der Waals surface area contributed by atoms with E-state index >= 15 is 0 Å². The van der Waals surface area contributed by atoms with E-state index in [0.717, 1.165) is 31.7 Å². The van der Waals surface area contributed by atoms with Crippen LogP contribution >= 0.6 is 23.2 Å². The summed E-state index contributed by atoms with van der Waals surface area (Å²) in [6.45, 7) is 2.79. The maximum atomic E-state index is 12.4. The smallest absolute Gasteiger partial charge is 0.238 e. The summed E-state index contributed by atoms with van der Waals surface area (Å²) >= 11 is 12.1. The van der Waals surface area contributed by atoms with E-state index in [-0.39, 0.29) is 11.9 Å². The molecule has 120 valence electrons. The van der Waals surface area contributed by atoms with E-state index < -0.39 is 0 Å². The van der Waals surface area contributed by atoms with Gasteiger partial charge in [0.2, 0.25) is 5.91 Å². The van der Waals surface area contributed by atoms with Crippen LogP contribution in [0.2, 0.25) is 10.0 Å². The zero-order valence-electron chi connectivity index (χ0n) is 12.5. The molecule has 0 spiro atoms. The number of benzene rings is 1. The predicted molar refractivity (Wildman–Crippen MR) is 90.2 cm³/mol. The van der Waals surface area contributed by atoms with Crippen molar-refractivity contribution in [3.05, 3.63) is 28.2 Å². The normalized spacial score (nSPS) is 23.6. The van der Waals surface area contributed by atoms with E-state index in [4.69, 9.17) is 23.2 Å². The molecule has 0 aromatic heterocycles.